The third kappa shape index (κ3) is 2.21. The van der Waals surface area contributed by atoms with Crippen molar-refractivity contribution in [1.29, 1.82) is 0 Å². The van der Waals surface area contributed by atoms with Crippen LogP contribution >= 0.6 is 0 Å². The highest BCUT2D eigenvalue weighted by Gasteiger charge is 2.27. The van der Waals surface area contributed by atoms with Gasteiger partial charge in [0.05, 0.1) is 22.7 Å². The van der Waals surface area contributed by atoms with E-state index in [2.05, 4.69) is 109 Å². The van der Waals surface area contributed by atoms with Crippen LogP contribution in [0.2, 0.25) is 0 Å². The van der Waals surface area contributed by atoms with Gasteiger partial charge in [0, 0.05) is 32.5 Å². The van der Waals surface area contributed by atoms with Crippen molar-refractivity contribution in [3.05, 3.63) is 72.8 Å². The van der Waals surface area contributed by atoms with Gasteiger partial charge in [0.2, 0.25) is 0 Å². The second-order valence-corrected chi connectivity index (χ2v) is 6.29. The molecule has 0 aliphatic carbocycles. The number of fused-ring (bicyclic) bond motifs is 2. The summed E-state index contributed by atoms with van der Waals surface area (Å²) in [5.74, 6) is 0. The number of hydrogen-bond donors (Lipinski definition) is 0. The molecule has 0 fully saturated rings. The Morgan fingerprint density at radius 2 is 1.29 bits per heavy atom. The van der Waals surface area contributed by atoms with Crippen molar-refractivity contribution in [2.45, 2.75) is 0 Å². The lowest BCUT2D eigenvalue weighted by atomic mass is 10.1. The number of anilines is 6. The quantitative estimate of drug-likeness (QED) is 0.635. The number of hydrogen-bond acceptors (Lipinski definition) is 3. The van der Waals surface area contributed by atoms with Crippen molar-refractivity contribution in [3.8, 4) is 0 Å². The maximum atomic E-state index is 2.34. The fourth-order valence-electron chi connectivity index (χ4n) is 3.30. The minimum atomic E-state index is 1.18. The second kappa shape index (κ2) is 5.60. The third-order valence-corrected chi connectivity index (χ3v) is 4.58. The summed E-state index contributed by atoms with van der Waals surface area (Å²) in [6.45, 7) is 0. The van der Waals surface area contributed by atoms with E-state index in [4.69, 9.17) is 0 Å². The zero-order valence-corrected chi connectivity index (χ0v) is 14.3. The van der Waals surface area contributed by atoms with Gasteiger partial charge in [0.25, 0.3) is 0 Å². The molecule has 1 heterocycles. The first-order valence-corrected chi connectivity index (χ1v) is 8.16. The van der Waals surface area contributed by atoms with Gasteiger partial charge >= 0.3 is 0 Å². The molecule has 24 heavy (non-hydrogen) atoms. The molecule has 1 aliphatic heterocycles. The number of rotatable bonds is 2. The monoisotopic (exact) mass is 315 g/mol. The van der Waals surface area contributed by atoms with E-state index in [9.17, 15) is 0 Å². The average molecular weight is 315 g/mol. The van der Waals surface area contributed by atoms with Gasteiger partial charge in [-0.2, -0.15) is 0 Å². The molecule has 4 rings (SSSR count). The third-order valence-electron chi connectivity index (χ3n) is 4.58. The average Bonchev–Trinajstić information content (AvgIpc) is 2.62. The van der Waals surface area contributed by atoms with Crippen LogP contribution in [0.1, 0.15) is 0 Å². The van der Waals surface area contributed by atoms with E-state index in [1.54, 1.807) is 0 Å². The normalized spacial score (nSPS) is 12.6. The van der Waals surface area contributed by atoms with Crippen molar-refractivity contribution < 1.29 is 0 Å². The molecule has 0 unspecified atom stereocenters. The Morgan fingerprint density at radius 3 is 2.00 bits per heavy atom. The smallest absolute Gasteiger partial charge is 0.0720 e. The molecule has 0 atom stereocenters. The summed E-state index contributed by atoms with van der Waals surface area (Å²) in [6.07, 6.45) is 0. The number of para-hydroxylation sites is 3. The van der Waals surface area contributed by atoms with E-state index in [0.717, 1.165) is 0 Å². The van der Waals surface area contributed by atoms with Crippen molar-refractivity contribution in [2.75, 3.05) is 35.8 Å². The molecule has 0 spiro atoms. The first kappa shape index (κ1) is 14.6. The summed E-state index contributed by atoms with van der Waals surface area (Å²) < 4.78 is 0. The molecule has 3 aromatic rings. The van der Waals surface area contributed by atoms with E-state index >= 15 is 0 Å². The van der Waals surface area contributed by atoms with Crippen LogP contribution in [0, 0.1) is 0 Å². The molecule has 0 radical (unpaired) electrons. The molecule has 120 valence electrons. The van der Waals surface area contributed by atoms with Gasteiger partial charge in [-0.3, -0.25) is 0 Å². The Labute approximate surface area is 143 Å². The van der Waals surface area contributed by atoms with E-state index in [0.29, 0.717) is 0 Å². The molecule has 1 aliphatic rings. The highest BCUT2D eigenvalue weighted by Crippen LogP contribution is 2.51. The van der Waals surface area contributed by atoms with Gasteiger partial charge in [-0.1, -0.05) is 30.3 Å². The van der Waals surface area contributed by atoms with Crippen LogP contribution in [0.25, 0.3) is 0 Å². The van der Waals surface area contributed by atoms with E-state index in [1.807, 2.05) is 0 Å². The molecule has 0 aromatic heterocycles. The molecular formula is C21H21N3. The van der Waals surface area contributed by atoms with Crippen LogP contribution in [-0.4, -0.2) is 21.1 Å². The highest BCUT2D eigenvalue weighted by molar-refractivity contribution is 5.98. The topological polar surface area (TPSA) is 9.72 Å². The van der Waals surface area contributed by atoms with Crippen molar-refractivity contribution >= 4 is 34.1 Å². The first-order valence-electron chi connectivity index (χ1n) is 8.16. The van der Waals surface area contributed by atoms with Gasteiger partial charge in [-0.05, 0) is 42.5 Å². The summed E-state index contributed by atoms with van der Waals surface area (Å²) in [6, 6.07) is 25.7. The fourth-order valence-corrected chi connectivity index (χ4v) is 3.30. The van der Waals surface area contributed by atoms with Crippen molar-refractivity contribution in [2.24, 2.45) is 0 Å². The fraction of sp³-hybridized carbons (Fsp3) is 0.143. The Kier molecular flexibility index (Phi) is 3.42. The Balaban J connectivity index is 1.99. The lowest BCUT2D eigenvalue weighted by Crippen LogP contribution is -2.24. The molecule has 0 amide bonds. The second-order valence-electron chi connectivity index (χ2n) is 6.29. The van der Waals surface area contributed by atoms with E-state index in [-0.39, 0.29) is 0 Å². The molecule has 0 bridgehead atoms. The maximum Gasteiger partial charge on any atom is 0.0720 e. The molecule has 0 saturated carbocycles. The van der Waals surface area contributed by atoms with Crippen LogP contribution in [0.5, 0.6) is 0 Å². The SMILES string of the molecule is CN(C)c1ccc2c(c1)N(c1ccccc1)c1ccccc1N2C. The lowest BCUT2D eigenvalue weighted by Gasteiger charge is -2.39. The largest absolute Gasteiger partial charge is 0.378 e. The van der Waals surface area contributed by atoms with Crippen LogP contribution in [-0.2, 0) is 0 Å². The molecular weight excluding hydrogens is 294 g/mol. The molecule has 3 aromatic carbocycles. The summed E-state index contributed by atoms with van der Waals surface area (Å²) in [5, 5.41) is 0. The van der Waals surface area contributed by atoms with Crippen molar-refractivity contribution in [3.63, 3.8) is 0 Å². The summed E-state index contributed by atoms with van der Waals surface area (Å²) in [4.78, 5) is 6.76. The zero-order valence-electron chi connectivity index (χ0n) is 14.3. The van der Waals surface area contributed by atoms with E-state index in [1.165, 1.54) is 34.1 Å². The minimum Gasteiger partial charge on any atom is -0.378 e. The number of nitrogens with zero attached hydrogens (tertiary/aromatic N) is 3. The van der Waals surface area contributed by atoms with Crippen LogP contribution < -0.4 is 14.7 Å². The predicted molar refractivity (Wildman–Crippen MR) is 104 cm³/mol. The van der Waals surface area contributed by atoms with Gasteiger partial charge in [-0.15, -0.1) is 0 Å². The van der Waals surface area contributed by atoms with Crippen LogP contribution in [0.4, 0.5) is 34.1 Å². The molecule has 3 nitrogen and oxygen atoms in total. The summed E-state index contributed by atoms with van der Waals surface area (Å²) >= 11 is 0. The maximum absolute atomic E-state index is 2.34. The molecule has 0 saturated heterocycles. The van der Waals surface area contributed by atoms with E-state index < -0.39 is 0 Å². The molecule has 0 N–H and O–H groups in total. The Bertz CT molecular complexity index is 871. The number of benzene rings is 3. The van der Waals surface area contributed by atoms with Crippen LogP contribution in [0.15, 0.2) is 72.8 Å². The summed E-state index contributed by atoms with van der Waals surface area (Å²) in [5.41, 5.74) is 7.20. The van der Waals surface area contributed by atoms with Crippen LogP contribution in [0.3, 0.4) is 0 Å². The lowest BCUT2D eigenvalue weighted by molar-refractivity contribution is 1.10. The summed E-state index contributed by atoms with van der Waals surface area (Å²) in [7, 11) is 6.29. The van der Waals surface area contributed by atoms with Gasteiger partial charge in [-0.25, -0.2) is 0 Å². The highest BCUT2D eigenvalue weighted by atomic mass is 15.3. The van der Waals surface area contributed by atoms with Gasteiger partial charge in [0.15, 0.2) is 0 Å². The zero-order chi connectivity index (χ0) is 16.7. The predicted octanol–water partition coefficient (Wildman–Crippen LogP) is 5.30. The Hall–Kier alpha value is -2.94. The molecule has 3 heteroatoms. The Morgan fingerprint density at radius 1 is 0.667 bits per heavy atom. The first-order chi connectivity index (χ1) is 11.7. The van der Waals surface area contributed by atoms with Gasteiger partial charge < -0.3 is 14.7 Å². The van der Waals surface area contributed by atoms with Gasteiger partial charge in [0.1, 0.15) is 0 Å². The standard InChI is InChI=1S/C21H21N3/c1-22(2)17-13-14-19-21(15-17)24(16-9-5-4-6-10-16)20-12-8-7-11-18(20)23(19)3/h4-15H,1-3H3. The minimum absolute atomic E-state index is 1.18. The van der Waals surface area contributed by atoms with Crippen molar-refractivity contribution in [1.82, 2.24) is 0 Å².